The van der Waals surface area contributed by atoms with E-state index in [9.17, 15) is 0 Å². The van der Waals surface area contributed by atoms with Crippen molar-refractivity contribution in [3.8, 4) is 0 Å². The first kappa shape index (κ1) is 14.5. The van der Waals surface area contributed by atoms with E-state index in [1.807, 2.05) is 19.3 Å². The maximum Gasteiger partial charge on any atom is 0.105 e. The first-order valence-corrected chi connectivity index (χ1v) is 6.95. The number of imidazole rings is 1. The van der Waals surface area contributed by atoms with Crippen molar-refractivity contribution in [2.24, 2.45) is 5.92 Å². The molecular formula is C13H24ClN3. The van der Waals surface area contributed by atoms with E-state index in [2.05, 4.69) is 28.7 Å². The first-order valence-electron chi connectivity index (χ1n) is 6.51. The minimum atomic E-state index is 0.244. The molecule has 0 fully saturated rings. The highest BCUT2D eigenvalue weighted by Crippen LogP contribution is 2.17. The topological polar surface area (TPSA) is 29.9 Å². The van der Waals surface area contributed by atoms with E-state index in [-0.39, 0.29) is 5.38 Å². The molecule has 1 heterocycles. The van der Waals surface area contributed by atoms with Crippen LogP contribution in [-0.4, -0.2) is 28.0 Å². The summed E-state index contributed by atoms with van der Waals surface area (Å²) in [6.07, 6.45) is 6.17. The Morgan fingerprint density at radius 3 is 2.65 bits per heavy atom. The van der Waals surface area contributed by atoms with Crippen LogP contribution in [0.2, 0.25) is 0 Å². The van der Waals surface area contributed by atoms with E-state index < -0.39 is 0 Å². The predicted octanol–water partition coefficient (Wildman–Crippen LogP) is 2.82. The summed E-state index contributed by atoms with van der Waals surface area (Å²) < 4.78 is 2.15. The lowest BCUT2D eigenvalue weighted by molar-refractivity contribution is 0.441. The Kier molecular flexibility index (Phi) is 6.60. The Balaban J connectivity index is 2.18. The van der Waals surface area contributed by atoms with Gasteiger partial charge in [-0.2, -0.15) is 0 Å². The van der Waals surface area contributed by atoms with Crippen molar-refractivity contribution < 1.29 is 0 Å². The molecule has 0 saturated heterocycles. The van der Waals surface area contributed by atoms with Gasteiger partial charge >= 0.3 is 0 Å². The molecule has 1 rings (SSSR count). The van der Waals surface area contributed by atoms with Crippen LogP contribution >= 0.6 is 11.6 Å². The number of nitrogens with zero attached hydrogens (tertiary/aromatic N) is 2. The van der Waals surface area contributed by atoms with Gasteiger partial charge in [0.05, 0.1) is 0 Å². The fourth-order valence-electron chi connectivity index (χ4n) is 2.05. The fraction of sp³-hybridized carbons (Fsp3) is 0.769. The van der Waals surface area contributed by atoms with Gasteiger partial charge in [0.25, 0.3) is 0 Å². The Hall–Kier alpha value is -0.540. The molecule has 17 heavy (non-hydrogen) atoms. The molecule has 0 amide bonds. The average molecular weight is 258 g/mol. The quantitative estimate of drug-likeness (QED) is 0.573. The maximum absolute atomic E-state index is 6.36. The van der Waals surface area contributed by atoms with E-state index in [1.165, 1.54) is 0 Å². The molecule has 1 aromatic heterocycles. The van der Waals surface area contributed by atoms with Crippen molar-refractivity contribution in [3.63, 3.8) is 0 Å². The number of aryl methyl sites for hydroxylation is 1. The number of hydrogen-bond donors (Lipinski definition) is 1. The predicted molar refractivity (Wildman–Crippen MR) is 73.5 cm³/mol. The smallest absolute Gasteiger partial charge is 0.105 e. The van der Waals surface area contributed by atoms with Crippen LogP contribution in [-0.2, 0) is 6.54 Å². The van der Waals surface area contributed by atoms with Crippen LogP contribution in [0.3, 0.4) is 0 Å². The van der Waals surface area contributed by atoms with Crippen molar-refractivity contribution in [3.05, 3.63) is 18.2 Å². The highest BCUT2D eigenvalue weighted by atomic mass is 35.5. The normalized spacial score (nSPS) is 13.2. The third-order valence-corrected chi connectivity index (χ3v) is 3.86. The monoisotopic (exact) mass is 257 g/mol. The molecule has 1 unspecified atom stereocenters. The minimum Gasteiger partial charge on any atom is -0.334 e. The Bertz CT molecular complexity index is 307. The summed E-state index contributed by atoms with van der Waals surface area (Å²) in [5.41, 5.74) is 0. The summed E-state index contributed by atoms with van der Waals surface area (Å²) in [7, 11) is 0. The Labute approximate surface area is 110 Å². The largest absolute Gasteiger partial charge is 0.334 e. The Morgan fingerprint density at radius 1 is 1.41 bits per heavy atom. The van der Waals surface area contributed by atoms with Crippen molar-refractivity contribution in [2.75, 3.05) is 13.1 Å². The van der Waals surface area contributed by atoms with Crippen molar-refractivity contribution in [2.45, 2.75) is 45.5 Å². The maximum atomic E-state index is 6.36. The van der Waals surface area contributed by atoms with Crippen molar-refractivity contribution in [1.29, 1.82) is 0 Å². The molecule has 0 spiro atoms. The van der Waals surface area contributed by atoms with Crippen LogP contribution in [0.15, 0.2) is 12.4 Å². The first-order chi connectivity index (χ1) is 8.19. The molecule has 0 aliphatic rings. The highest BCUT2D eigenvalue weighted by molar-refractivity contribution is 6.21. The molecule has 1 aromatic rings. The summed E-state index contributed by atoms with van der Waals surface area (Å²) in [6.45, 7) is 9.23. The van der Waals surface area contributed by atoms with Gasteiger partial charge in [-0.15, -0.1) is 11.6 Å². The van der Waals surface area contributed by atoms with Crippen molar-refractivity contribution >= 4 is 11.6 Å². The van der Waals surface area contributed by atoms with E-state index >= 15 is 0 Å². The third kappa shape index (κ3) is 4.68. The molecule has 0 aliphatic carbocycles. The van der Waals surface area contributed by atoms with Crippen LogP contribution in [0.5, 0.6) is 0 Å². The molecule has 0 saturated carbocycles. The molecule has 1 atom stereocenters. The zero-order chi connectivity index (χ0) is 12.7. The van der Waals surface area contributed by atoms with Crippen LogP contribution in [0.1, 0.15) is 32.5 Å². The molecule has 0 bridgehead atoms. The molecule has 0 aromatic carbocycles. The zero-order valence-electron chi connectivity index (χ0n) is 11.1. The lowest BCUT2D eigenvalue weighted by Crippen LogP contribution is -2.30. The van der Waals surface area contributed by atoms with Gasteiger partial charge in [0.1, 0.15) is 5.82 Å². The van der Waals surface area contributed by atoms with Crippen LogP contribution in [0, 0.1) is 12.8 Å². The van der Waals surface area contributed by atoms with Gasteiger partial charge in [0.15, 0.2) is 0 Å². The number of halogens is 1. The molecule has 1 N–H and O–H groups in total. The lowest BCUT2D eigenvalue weighted by Gasteiger charge is -2.19. The molecule has 98 valence electrons. The number of alkyl halides is 1. The summed E-state index contributed by atoms with van der Waals surface area (Å²) >= 11 is 6.36. The second kappa shape index (κ2) is 7.72. The second-order valence-electron chi connectivity index (χ2n) is 4.46. The van der Waals surface area contributed by atoms with Crippen molar-refractivity contribution in [1.82, 2.24) is 14.9 Å². The zero-order valence-corrected chi connectivity index (χ0v) is 11.9. The van der Waals surface area contributed by atoms with Gasteiger partial charge in [0.2, 0.25) is 0 Å². The molecule has 3 nitrogen and oxygen atoms in total. The summed E-state index contributed by atoms with van der Waals surface area (Å²) in [4.78, 5) is 4.19. The second-order valence-corrected chi connectivity index (χ2v) is 5.03. The SMILES string of the molecule is CCC(CC)C(Cl)CNCCn1ccnc1C. The van der Waals surface area contributed by atoms with E-state index in [1.54, 1.807) is 0 Å². The summed E-state index contributed by atoms with van der Waals surface area (Å²) in [5.74, 6) is 1.69. The van der Waals surface area contributed by atoms with E-state index in [4.69, 9.17) is 11.6 Å². The van der Waals surface area contributed by atoms with Gasteiger partial charge in [0, 0.05) is 37.4 Å². The van der Waals surface area contributed by atoms with Gasteiger partial charge in [-0.1, -0.05) is 26.7 Å². The van der Waals surface area contributed by atoms with Gasteiger partial charge in [-0.3, -0.25) is 0 Å². The van der Waals surface area contributed by atoms with Gasteiger partial charge in [-0.05, 0) is 12.8 Å². The van der Waals surface area contributed by atoms with Crippen LogP contribution < -0.4 is 5.32 Å². The fourth-order valence-corrected chi connectivity index (χ4v) is 2.51. The van der Waals surface area contributed by atoms with E-state index in [0.29, 0.717) is 5.92 Å². The van der Waals surface area contributed by atoms with Crippen LogP contribution in [0.25, 0.3) is 0 Å². The number of aromatic nitrogens is 2. The number of hydrogen-bond acceptors (Lipinski definition) is 2. The van der Waals surface area contributed by atoms with Gasteiger partial charge < -0.3 is 9.88 Å². The average Bonchev–Trinajstić information content (AvgIpc) is 2.72. The summed E-state index contributed by atoms with van der Waals surface area (Å²) in [6, 6.07) is 0. The standard InChI is InChI=1S/C13H24ClN3/c1-4-12(5-2)13(14)10-15-6-8-17-9-7-16-11(17)3/h7,9,12-13,15H,4-6,8,10H2,1-3H3. The molecular weight excluding hydrogens is 234 g/mol. The van der Waals surface area contributed by atoms with Crippen LogP contribution in [0.4, 0.5) is 0 Å². The number of nitrogens with one attached hydrogen (secondary N) is 1. The third-order valence-electron chi connectivity index (χ3n) is 3.35. The molecule has 4 heteroatoms. The molecule has 0 radical (unpaired) electrons. The number of rotatable bonds is 8. The van der Waals surface area contributed by atoms with E-state index in [0.717, 1.165) is 38.3 Å². The Morgan fingerprint density at radius 2 is 2.12 bits per heavy atom. The lowest BCUT2D eigenvalue weighted by atomic mass is 9.99. The van der Waals surface area contributed by atoms with Gasteiger partial charge in [-0.25, -0.2) is 4.98 Å². The summed E-state index contributed by atoms with van der Waals surface area (Å²) in [5, 5.41) is 3.66. The molecule has 0 aliphatic heterocycles. The highest BCUT2D eigenvalue weighted by Gasteiger charge is 2.14. The minimum absolute atomic E-state index is 0.244.